The van der Waals surface area contributed by atoms with E-state index in [1.807, 2.05) is 12.1 Å². The quantitative estimate of drug-likeness (QED) is 0.736. The van der Waals surface area contributed by atoms with Crippen LogP contribution in [0.5, 0.6) is 0 Å². The Morgan fingerprint density at radius 1 is 1.17 bits per heavy atom. The van der Waals surface area contributed by atoms with E-state index < -0.39 is 28.0 Å². The van der Waals surface area contributed by atoms with Crippen molar-refractivity contribution >= 4 is 33.4 Å². The van der Waals surface area contributed by atoms with Gasteiger partial charge >= 0.3 is 5.97 Å². The van der Waals surface area contributed by atoms with Gasteiger partial charge in [0.15, 0.2) is 11.9 Å². The van der Waals surface area contributed by atoms with Crippen molar-refractivity contribution in [3.8, 4) is 0 Å². The number of nitrogens with zero attached hydrogens (tertiary/aromatic N) is 2. The number of carbonyl (C=O) groups excluding carboxylic acids is 2. The summed E-state index contributed by atoms with van der Waals surface area (Å²) in [5, 5.41) is 2.70. The summed E-state index contributed by atoms with van der Waals surface area (Å²) in [5.74, 6) is -1.03. The lowest BCUT2D eigenvalue weighted by atomic mass is 10.0. The van der Waals surface area contributed by atoms with E-state index in [4.69, 9.17) is 4.74 Å². The number of carbonyl (C=O) groups is 2. The molecule has 0 saturated carbocycles. The Labute approximate surface area is 170 Å². The molecule has 0 bridgehead atoms. The average molecular weight is 417 g/mol. The first-order valence-electron chi connectivity index (χ1n) is 9.26. The van der Waals surface area contributed by atoms with Crippen LogP contribution in [0.3, 0.4) is 0 Å². The van der Waals surface area contributed by atoms with E-state index in [2.05, 4.69) is 23.6 Å². The highest BCUT2D eigenvalue weighted by Crippen LogP contribution is 2.20. The lowest BCUT2D eigenvalue weighted by Crippen LogP contribution is -2.41. The van der Waals surface area contributed by atoms with E-state index in [-0.39, 0.29) is 23.7 Å². The van der Waals surface area contributed by atoms with Crippen molar-refractivity contribution in [3.05, 3.63) is 53.8 Å². The van der Waals surface area contributed by atoms with Crippen LogP contribution in [-0.2, 0) is 24.3 Å². The molecule has 29 heavy (non-hydrogen) atoms. The van der Waals surface area contributed by atoms with Gasteiger partial charge in [-0.05, 0) is 42.7 Å². The second-order valence-corrected chi connectivity index (χ2v) is 8.88. The van der Waals surface area contributed by atoms with Gasteiger partial charge in [0.25, 0.3) is 15.9 Å². The molecule has 1 aromatic rings. The van der Waals surface area contributed by atoms with Gasteiger partial charge < -0.3 is 15.0 Å². The number of ether oxygens (including phenoxy) is 1. The number of fused-ring (bicyclic) bond motifs is 1. The summed E-state index contributed by atoms with van der Waals surface area (Å²) < 4.78 is 32.5. The van der Waals surface area contributed by atoms with Crippen LogP contribution in [0, 0.1) is 0 Å². The molecular weight excluding hydrogens is 394 g/mol. The number of amides is 1. The Morgan fingerprint density at radius 3 is 2.52 bits per heavy atom. The second-order valence-electron chi connectivity index (χ2n) is 7.13. The van der Waals surface area contributed by atoms with Crippen LogP contribution in [0.15, 0.2) is 52.6 Å². The molecule has 154 valence electrons. The molecular formula is C20H23N3O5S. The van der Waals surface area contributed by atoms with Crippen LogP contribution >= 0.6 is 0 Å². The van der Waals surface area contributed by atoms with Crippen molar-refractivity contribution in [1.82, 2.24) is 4.90 Å². The van der Waals surface area contributed by atoms with Crippen LogP contribution in [0.4, 0.5) is 5.69 Å². The van der Waals surface area contributed by atoms with Gasteiger partial charge in [-0.15, -0.1) is 4.40 Å². The van der Waals surface area contributed by atoms with Gasteiger partial charge in [0, 0.05) is 18.4 Å². The van der Waals surface area contributed by atoms with Crippen molar-refractivity contribution in [2.75, 3.05) is 17.6 Å². The third kappa shape index (κ3) is 4.92. The molecule has 0 spiro atoms. The fraction of sp³-hybridized carbons (Fsp3) is 0.350. The molecule has 2 heterocycles. The molecule has 0 saturated heterocycles. The third-order valence-electron chi connectivity index (χ3n) is 4.58. The van der Waals surface area contributed by atoms with Crippen LogP contribution in [0.1, 0.15) is 32.3 Å². The number of benzene rings is 1. The van der Waals surface area contributed by atoms with Crippen molar-refractivity contribution in [1.29, 1.82) is 0 Å². The second kappa shape index (κ2) is 8.20. The topological polar surface area (TPSA) is 105 Å². The number of hydrogen-bond acceptors (Lipinski definition) is 6. The number of hydrogen-bond donors (Lipinski definition) is 1. The largest absolute Gasteiger partial charge is 0.449 e. The maximum atomic E-state index is 12.5. The molecule has 1 aromatic carbocycles. The molecule has 0 aromatic heterocycles. The van der Waals surface area contributed by atoms with E-state index in [1.165, 1.54) is 13.0 Å². The summed E-state index contributed by atoms with van der Waals surface area (Å²) in [4.78, 5) is 26.5. The molecule has 0 radical (unpaired) electrons. The van der Waals surface area contributed by atoms with Crippen LogP contribution in [0.25, 0.3) is 0 Å². The summed E-state index contributed by atoms with van der Waals surface area (Å²) >= 11 is 0. The van der Waals surface area contributed by atoms with E-state index in [0.29, 0.717) is 11.6 Å². The number of nitrogens with one attached hydrogen (secondary N) is 1. The molecule has 0 fully saturated rings. The van der Waals surface area contributed by atoms with Crippen molar-refractivity contribution in [2.24, 2.45) is 4.40 Å². The van der Waals surface area contributed by atoms with Gasteiger partial charge in [0.2, 0.25) is 0 Å². The first-order chi connectivity index (χ1) is 13.7. The summed E-state index contributed by atoms with van der Waals surface area (Å²) in [6, 6.07) is 7.42. The standard InChI is InChI=1S/C20H23N3O5S/c1-13(2)15-6-8-16(9-7-15)21-19(24)14(3)28-20(25)17-5-4-10-23-11-12-29(26,27)22-18(17)23/h4-10,13-14H,11-12H2,1-3H3,(H,21,24)/t14-/m1/s1. The smallest absolute Gasteiger partial charge is 0.342 e. The molecule has 0 aliphatic carbocycles. The Kier molecular flexibility index (Phi) is 5.88. The van der Waals surface area contributed by atoms with E-state index in [1.54, 1.807) is 29.3 Å². The van der Waals surface area contributed by atoms with E-state index in [0.717, 1.165) is 5.56 Å². The van der Waals surface area contributed by atoms with Crippen LogP contribution < -0.4 is 5.32 Å². The Bertz CT molecular complexity index is 1010. The summed E-state index contributed by atoms with van der Waals surface area (Å²) in [7, 11) is -3.63. The molecule has 2 aliphatic rings. The molecule has 1 atom stereocenters. The molecule has 0 unspecified atom stereocenters. The van der Waals surface area contributed by atoms with Crippen molar-refractivity contribution in [3.63, 3.8) is 0 Å². The van der Waals surface area contributed by atoms with Gasteiger partial charge in [0.05, 0.1) is 5.75 Å². The Hall–Kier alpha value is -2.94. The van der Waals surface area contributed by atoms with Crippen molar-refractivity contribution < 1.29 is 22.7 Å². The van der Waals surface area contributed by atoms with Gasteiger partial charge in [-0.1, -0.05) is 26.0 Å². The summed E-state index contributed by atoms with van der Waals surface area (Å²) in [6.45, 7) is 5.80. The number of sulfonamides is 1. The SMILES string of the molecule is CC(C)c1ccc(NC(=O)[C@@H](C)OC(=O)C2=CC=CN3CCS(=O)(=O)N=C23)cc1. The minimum absolute atomic E-state index is 0.00305. The fourth-order valence-electron chi connectivity index (χ4n) is 2.85. The van der Waals surface area contributed by atoms with Crippen molar-refractivity contribution in [2.45, 2.75) is 32.8 Å². The molecule has 3 rings (SSSR count). The normalized spacial score (nSPS) is 18.4. The first kappa shape index (κ1) is 20.8. The minimum atomic E-state index is -3.63. The van der Waals surface area contributed by atoms with Gasteiger partial charge in [-0.3, -0.25) is 4.79 Å². The highest BCUT2D eigenvalue weighted by molar-refractivity contribution is 7.90. The van der Waals surface area contributed by atoms with E-state index in [9.17, 15) is 18.0 Å². The third-order valence-corrected chi connectivity index (χ3v) is 5.72. The van der Waals surface area contributed by atoms with E-state index >= 15 is 0 Å². The highest BCUT2D eigenvalue weighted by atomic mass is 32.2. The lowest BCUT2D eigenvalue weighted by Gasteiger charge is -2.28. The minimum Gasteiger partial charge on any atom is -0.449 e. The summed E-state index contributed by atoms with van der Waals surface area (Å²) in [6.07, 6.45) is 3.59. The van der Waals surface area contributed by atoms with Gasteiger partial charge in [-0.2, -0.15) is 0 Å². The predicted octanol–water partition coefficient (Wildman–Crippen LogP) is 2.18. The molecule has 8 nitrogen and oxygen atoms in total. The summed E-state index contributed by atoms with van der Waals surface area (Å²) in [5.41, 5.74) is 1.74. The number of esters is 1. The van der Waals surface area contributed by atoms with Gasteiger partial charge in [-0.25, -0.2) is 13.2 Å². The monoisotopic (exact) mass is 417 g/mol. The first-order valence-corrected chi connectivity index (χ1v) is 10.9. The number of allylic oxidation sites excluding steroid dienone is 2. The average Bonchev–Trinajstić information content (AvgIpc) is 2.67. The predicted molar refractivity (Wildman–Crippen MR) is 110 cm³/mol. The zero-order chi connectivity index (χ0) is 21.2. The number of anilines is 1. The van der Waals surface area contributed by atoms with Gasteiger partial charge in [0.1, 0.15) is 5.57 Å². The van der Waals surface area contributed by atoms with Crippen LogP contribution in [0.2, 0.25) is 0 Å². The lowest BCUT2D eigenvalue weighted by molar-refractivity contribution is -0.148. The highest BCUT2D eigenvalue weighted by Gasteiger charge is 2.32. The molecule has 1 N–H and O–H groups in total. The maximum Gasteiger partial charge on any atom is 0.342 e. The fourth-order valence-corrected chi connectivity index (χ4v) is 3.83. The zero-order valence-corrected chi connectivity index (χ0v) is 17.3. The van der Waals surface area contributed by atoms with Crippen LogP contribution in [-0.4, -0.2) is 49.4 Å². The maximum absolute atomic E-state index is 12.5. The number of rotatable bonds is 5. The molecule has 9 heteroatoms. The number of amidine groups is 1. The molecule has 1 amide bonds. The molecule has 2 aliphatic heterocycles. The Balaban J connectivity index is 1.66. The Morgan fingerprint density at radius 2 is 1.86 bits per heavy atom. The zero-order valence-electron chi connectivity index (χ0n) is 16.5.